The van der Waals surface area contributed by atoms with Crippen molar-refractivity contribution in [2.24, 2.45) is 0 Å². The molecule has 0 N–H and O–H groups in total. The first-order chi connectivity index (χ1) is 5.11. The highest BCUT2D eigenvalue weighted by Gasteiger charge is 2.05. The van der Waals surface area contributed by atoms with E-state index in [1.54, 1.807) is 6.20 Å². The summed E-state index contributed by atoms with van der Waals surface area (Å²) in [4.78, 5) is 14.9. The maximum absolute atomic E-state index is 10.9. The number of aromatic nitrogens is 1. The summed E-state index contributed by atoms with van der Waals surface area (Å²) >= 11 is 5.40. The summed E-state index contributed by atoms with van der Waals surface area (Å²) in [7, 11) is 0. The molecule has 1 rings (SSSR count). The van der Waals surface area contributed by atoms with Crippen LogP contribution in [0.1, 0.15) is 17.4 Å². The van der Waals surface area contributed by atoms with Crippen molar-refractivity contribution in [3.8, 4) is 0 Å². The first kappa shape index (κ1) is 9.12. The zero-order valence-corrected chi connectivity index (χ0v) is 9.51. The van der Waals surface area contributed by atoms with Crippen LogP contribution in [0.15, 0.2) is 16.7 Å². The van der Waals surface area contributed by atoms with Gasteiger partial charge in [0.2, 0.25) is 0 Å². The van der Waals surface area contributed by atoms with Crippen molar-refractivity contribution >= 4 is 44.3 Å². The fourth-order valence-corrected chi connectivity index (χ4v) is 2.18. The van der Waals surface area contributed by atoms with Crippen molar-refractivity contribution in [3.63, 3.8) is 0 Å². The zero-order chi connectivity index (χ0) is 8.43. The Balaban J connectivity index is 3.20. The Hall–Kier alpha value is 0.0300. The maximum atomic E-state index is 10.9. The SMILES string of the molecule is CC(=O)c1ncc(I)cc1Br. The summed E-state index contributed by atoms with van der Waals surface area (Å²) in [6.07, 6.45) is 1.67. The van der Waals surface area contributed by atoms with Gasteiger partial charge in [-0.25, -0.2) is 0 Å². The van der Waals surface area contributed by atoms with Crippen molar-refractivity contribution in [1.82, 2.24) is 4.98 Å². The molecular formula is C7H5BrINO. The molecule has 0 unspecified atom stereocenters. The highest BCUT2D eigenvalue weighted by atomic mass is 127. The summed E-state index contributed by atoms with van der Waals surface area (Å²) in [6, 6.07) is 1.87. The van der Waals surface area contributed by atoms with Gasteiger partial charge < -0.3 is 0 Å². The summed E-state index contributed by atoms with van der Waals surface area (Å²) in [6.45, 7) is 1.50. The Kier molecular flexibility index (Phi) is 3.00. The molecule has 1 heterocycles. The highest BCUT2D eigenvalue weighted by Crippen LogP contribution is 2.17. The summed E-state index contributed by atoms with van der Waals surface area (Å²) in [5.74, 6) is -0.0201. The number of nitrogens with zero attached hydrogens (tertiary/aromatic N) is 1. The lowest BCUT2D eigenvalue weighted by Crippen LogP contribution is -1.97. The minimum absolute atomic E-state index is 0.0201. The molecular weight excluding hydrogens is 321 g/mol. The number of rotatable bonds is 1. The summed E-state index contributed by atoms with van der Waals surface area (Å²) < 4.78 is 1.77. The molecule has 0 fully saturated rings. The van der Waals surface area contributed by atoms with Crippen LogP contribution in [0.2, 0.25) is 0 Å². The molecule has 2 nitrogen and oxygen atoms in total. The highest BCUT2D eigenvalue weighted by molar-refractivity contribution is 14.1. The molecule has 0 amide bonds. The predicted molar refractivity (Wildman–Crippen MR) is 54.7 cm³/mol. The predicted octanol–water partition coefficient (Wildman–Crippen LogP) is 2.65. The van der Waals surface area contributed by atoms with Gasteiger partial charge in [-0.1, -0.05) is 0 Å². The molecule has 0 saturated carbocycles. The van der Waals surface area contributed by atoms with Crippen LogP contribution >= 0.6 is 38.5 Å². The van der Waals surface area contributed by atoms with Crippen LogP contribution in [0, 0.1) is 3.57 Å². The molecule has 0 aromatic carbocycles. The summed E-state index contributed by atoms with van der Waals surface area (Å²) in [5, 5.41) is 0. The Bertz CT molecular complexity index is 300. The molecule has 0 aliphatic heterocycles. The number of carbonyl (C=O) groups excluding carboxylic acids is 1. The summed E-state index contributed by atoms with van der Waals surface area (Å²) in [5.41, 5.74) is 0.491. The molecule has 0 atom stereocenters. The van der Waals surface area contributed by atoms with Gasteiger partial charge in [-0.05, 0) is 44.6 Å². The normalized spacial score (nSPS) is 9.73. The number of halogens is 2. The van der Waals surface area contributed by atoms with Gasteiger partial charge in [0.05, 0.1) is 0 Å². The minimum Gasteiger partial charge on any atom is -0.293 e. The van der Waals surface area contributed by atoms with Gasteiger partial charge in [0.25, 0.3) is 0 Å². The second-order valence-corrected chi connectivity index (χ2v) is 4.14. The largest absolute Gasteiger partial charge is 0.293 e. The van der Waals surface area contributed by atoms with E-state index in [9.17, 15) is 4.79 Å². The number of pyridine rings is 1. The van der Waals surface area contributed by atoms with Crippen molar-refractivity contribution in [3.05, 3.63) is 26.0 Å². The van der Waals surface area contributed by atoms with Gasteiger partial charge in [-0.2, -0.15) is 0 Å². The van der Waals surface area contributed by atoms with Crippen molar-refractivity contribution in [1.29, 1.82) is 0 Å². The molecule has 0 bridgehead atoms. The van der Waals surface area contributed by atoms with Crippen molar-refractivity contribution in [2.45, 2.75) is 6.92 Å². The van der Waals surface area contributed by atoms with E-state index >= 15 is 0 Å². The van der Waals surface area contributed by atoms with E-state index in [1.807, 2.05) is 6.07 Å². The molecule has 0 aliphatic rings. The van der Waals surface area contributed by atoms with Gasteiger partial charge in [0.15, 0.2) is 5.78 Å². The third-order valence-electron chi connectivity index (χ3n) is 1.14. The first-order valence-corrected chi connectivity index (χ1v) is 4.80. The first-order valence-electron chi connectivity index (χ1n) is 2.93. The van der Waals surface area contributed by atoms with Gasteiger partial charge in [-0.15, -0.1) is 0 Å². The molecule has 4 heteroatoms. The van der Waals surface area contributed by atoms with Crippen molar-refractivity contribution in [2.75, 3.05) is 0 Å². The van der Waals surface area contributed by atoms with E-state index < -0.39 is 0 Å². The van der Waals surface area contributed by atoms with E-state index in [0.29, 0.717) is 5.69 Å². The average Bonchev–Trinajstić information content (AvgIpc) is 1.85. The standard InChI is InChI=1S/C7H5BrINO/c1-4(11)7-6(8)2-5(9)3-10-7/h2-3H,1H3. The van der Waals surface area contributed by atoms with Crippen molar-refractivity contribution < 1.29 is 4.79 Å². The van der Waals surface area contributed by atoms with E-state index in [-0.39, 0.29) is 5.78 Å². The van der Waals surface area contributed by atoms with Gasteiger partial charge in [0.1, 0.15) is 5.69 Å². The van der Waals surface area contributed by atoms with Crippen LogP contribution in [-0.2, 0) is 0 Å². The fourth-order valence-electron chi connectivity index (χ4n) is 0.674. The number of ketones is 1. The third-order valence-corrected chi connectivity index (χ3v) is 2.34. The van der Waals surface area contributed by atoms with Gasteiger partial charge >= 0.3 is 0 Å². The molecule has 0 aliphatic carbocycles. The number of hydrogen-bond donors (Lipinski definition) is 0. The van der Waals surface area contributed by atoms with Crippen LogP contribution in [0.4, 0.5) is 0 Å². The number of Topliss-reactive ketones (excluding diaryl/α,β-unsaturated/α-hetero) is 1. The quantitative estimate of drug-likeness (QED) is 0.587. The second-order valence-electron chi connectivity index (χ2n) is 2.04. The molecule has 11 heavy (non-hydrogen) atoms. The maximum Gasteiger partial charge on any atom is 0.179 e. The second kappa shape index (κ2) is 3.62. The Morgan fingerprint density at radius 3 is 2.82 bits per heavy atom. The monoisotopic (exact) mass is 325 g/mol. The fraction of sp³-hybridized carbons (Fsp3) is 0.143. The van der Waals surface area contributed by atoms with E-state index in [2.05, 4.69) is 43.5 Å². The zero-order valence-electron chi connectivity index (χ0n) is 5.77. The van der Waals surface area contributed by atoms with Crippen LogP contribution < -0.4 is 0 Å². The van der Waals surface area contributed by atoms with Crippen LogP contribution in [0.5, 0.6) is 0 Å². The molecule has 1 aromatic rings. The van der Waals surface area contributed by atoms with Crippen LogP contribution in [-0.4, -0.2) is 10.8 Å². The van der Waals surface area contributed by atoms with E-state index in [4.69, 9.17) is 0 Å². The number of hydrogen-bond acceptors (Lipinski definition) is 2. The Morgan fingerprint density at radius 2 is 2.36 bits per heavy atom. The van der Waals surface area contributed by atoms with Crippen LogP contribution in [0.25, 0.3) is 0 Å². The molecule has 0 spiro atoms. The van der Waals surface area contributed by atoms with Crippen LogP contribution in [0.3, 0.4) is 0 Å². The molecule has 0 saturated heterocycles. The van der Waals surface area contributed by atoms with E-state index in [0.717, 1.165) is 8.04 Å². The lowest BCUT2D eigenvalue weighted by Gasteiger charge is -1.97. The van der Waals surface area contributed by atoms with Gasteiger partial charge in [0, 0.05) is 21.2 Å². The Morgan fingerprint density at radius 1 is 1.73 bits per heavy atom. The minimum atomic E-state index is -0.0201. The molecule has 0 radical (unpaired) electrons. The number of carbonyl (C=O) groups is 1. The molecule has 58 valence electrons. The smallest absolute Gasteiger partial charge is 0.179 e. The van der Waals surface area contributed by atoms with Gasteiger partial charge in [-0.3, -0.25) is 9.78 Å². The lowest BCUT2D eigenvalue weighted by molar-refractivity contribution is 0.101. The third kappa shape index (κ3) is 2.23. The lowest BCUT2D eigenvalue weighted by atomic mass is 10.3. The molecule has 1 aromatic heterocycles. The van der Waals surface area contributed by atoms with E-state index in [1.165, 1.54) is 6.92 Å². The Labute approximate surface area is 86.7 Å². The average molecular weight is 326 g/mol. The topological polar surface area (TPSA) is 30.0 Å².